The molecular weight excluding hydrogens is 557 g/mol. The van der Waals surface area contributed by atoms with Gasteiger partial charge in [0.2, 0.25) is 5.88 Å². The van der Waals surface area contributed by atoms with Gasteiger partial charge in [-0.1, -0.05) is 44.9 Å². The van der Waals surface area contributed by atoms with E-state index in [1.54, 1.807) is 30.3 Å². The van der Waals surface area contributed by atoms with Crippen molar-refractivity contribution in [2.45, 2.75) is 70.5 Å². The maximum atomic E-state index is 13.9. The predicted octanol–water partition coefficient (Wildman–Crippen LogP) is 3.21. The Labute approximate surface area is 240 Å². The normalized spacial score (nSPS) is 24.5. The molecule has 0 saturated carbocycles. The van der Waals surface area contributed by atoms with Gasteiger partial charge in [0, 0.05) is 6.20 Å². The third-order valence-electron chi connectivity index (χ3n) is 6.91. The zero-order valence-corrected chi connectivity index (χ0v) is 25.1. The molecule has 1 aliphatic rings. The van der Waals surface area contributed by atoms with Crippen LogP contribution in [0.2, 0.25) is 0 Å². The van der Waals surface area contributed by atoms with Gasteiger partial charge < -0.3 is 33.7 Å². The number of para-hydroxylation sites is 1. The van der Waals surface area contributed by atoms with Gasteiger partial charge >= 0.3 is 19.7 Å². The Balaban J connectivity index is 1.78. The van der Waals surface area contributed by atoms with Crippen molar-refractivity contribution in [1.29, 1.82) is 0 Å². The fourth-order valence-electron chi connectivity index (χ4n) is 4.20. The Kier molecular flexibility index (Phi) is 11.5. The van der Waals surface area contributed by atoms with E-state index in [-0.39, 0.29) is 35.7 Å². The minimum absolute atomic E-state index is 0.0439. The average molecular weight is 598 g/mol. The molecule has 0 radical (unpaired) electrons. The molecule has 0 bridgehead atoms. The van der Waals surface area contributed by atoms with Gasteiger partial charge in [0.25, 0.3) is 0 Å². The number of ether oxygens (including phenoxy) is 4. The van der Waals surface area contributed by atoms with Gasteiger partial charge in [-0.2, -0.15) is 10.1 Å². The van der Waals surface area contributed by atoms with Crippen LogP contribution in [0.15, 0.2) is 36.5 Å². The van der Waals surface area contributed by atoms with E-state index in [2.05, 4.69) is 15.1 Å². The predicted molar refractivity (Wildman–Crippen MR) is 148 cm³/mol. The van der Waals surface area contributed by atoms with Gasteiger partial charge in [-0.15, -0.1) is 0 Å². The van der Waals surface area contributed by atoms with E-state index in [0.29, 0.717) is 0 Å². The molecule has 2 heterocycles. The van der Waals surface area contributed by atoms with Crippen LogP contribution in [-0.2, 0) is 23.4 Å². The topological polar surface area (TPSA) is 168 Å². The number of nitrogens with zero attached hydrogens (tertiary/aromatic N) is 2. The van der Waals surface area contributed by atoms with Crippen LogP contribution in [0.4, 0.5) is 0 Å². The zero-order chi connectivity index (χ0) is 30.2. The smallest absolute Gasteiger partial charge is 0.459 e. The van der Waals surface area contributed by atoms with Crippen molar-refractivity contribution in [3.05, 3.63) is 42.1 Å². The lowest BCUT2D eigenvalue weighted by molar-refractivity contribution is -0.146. The summed E-state index contributed by atoms with van der Waals surface area (Å²) >= 11 is 0. The van der Waals surface area contributed by atoms with Crippen LogP contribution < -0.4 is 19.1 Å². The molecule has 228 valence electrons. The first-order valence-corrected chi connectivity index (χ1v) is 15.0. The molecule has 0 amide bonds. The van der Waals surface area contributed by atoms with E-state index in [0.717, 1.165) is 12.8 Å². The highest BCUT2D eigenvalue weighted by atomic mass is 31.2. The molecule has 1 fully saturated rings. The molecule has 0 unspecified atom stereocenters. The molecule has 2 aromatic rings. The molecule has 3 N–H and O–H groups in total. The largest absolute Gasteiger partial charge is 0.481 e. The van der Waals surface area contributed by atoms with Crippen molar-refractivity contribution in [3.63, 3.8) is 0 Å². The average Bonchev–Trinajstić information content (AvgIpc) is 3.20. The second-order valence-electron chi connectivity index (χ2n) is 9.95. The molecule has 0 aliphatic carbocycles. The van der Waals surface area contributed by atoms with Crippen LogP contribution in [0.1, 0.15) is 52.2 Å². The molecule has 0 spiro atoms. The maximum Gasteiger partial charge on any atom is 0.459 e. The standard InChI is InChI=1S/C27H40N3O10P/c1-7-18(8-2)15-37-25(33)17(3)30-41(34,40-19-12-10-9-11-13-19)38-16-27(4)23(32)21(31)22(39-27)20-14-28-26(36-6)29-24(20)35-5/h9-14,17-18,21-23,31-32H,7-8,15-16H2,1-6H3,(H,30,34)/t17-,21-,22-,23-,27+,41-/m0/s1. The number of hydrogen-bond donors (Lipinski definition) is 3. The number of aromatic nitrogens is 2. The summed E-state index contributed by atoms with van der Waals surface area (Å²) in [6.07, 6.45) is -0.958. The van der Waals surface area contributed by atoms with Gasteiger partial charge in [-0.25, -0.2) is 9.55 Å². The molecule has 1 aromatic heterocycles. The summed E-state index contributed by atoms with van der Waals surface area (Å²) in [5, 5.41) is 24.4. The van der Waals surface area contributed by atoms with Gasteiger partial charge in [0.05, 0.1) is 33.0 Å². The Morgan fingerprint density at radius 1 is 1.17 bits per heavy atom. The summed E-state index contributed by atoms with van der Waals surface area (Å²) < 4.78 is 47.1. The number of carbonyl (C=O) groups is 1. The van der Waals surface area contributed by atoms with Crippen LogP contribution in [0.3, 0.4) is 0 Å². The molecule has 3 rings (SSSR count). The summed E-state index contributed by atoms with van der Waals surface area (Å²) in [5.74, 6) is -0.108. The first-order chi connectivity index (χ1) is 19.5. The highest BCUT2D eigenvalue weighted by Crippen LogP contribution is 2.49. The number of hydrogen-bond acceptors (Lipinski definition) is 12. The molecule has 1 aromatic carbocycles. The number of carbonyl (C=O) groups excluding carboxylic acids is 1. The van der Waals surface area contributed by atoms with Crippen molar-refractivity contribution in [1.82, 2.24) is 15.1 Å². The summed E-state index contributed by atoms with van der Waals surface area (Å²) in [5.41, 5.74) is -1.30. The Morgan fingerprint density at radius 2 is 1.85 bits per heavy atom. The molecule has 1 saturated heterocycles. The first-order valence-electron chi connectivity index (χ1n) is 13.4. The van der Waals surface area contributed by atoms with Crippen molar-refractivity contribution in [2.75, 3.05) is 27.4 Å². The van der Waals surface area contributed by atoms with Crippen molar-refractivity contribution in [2.24, 2.45) is 5.92 Å². The minimum Gasteiger partial charge on any atom is -0.481 e. The van der Waals surface area contributed by atoms with Crippen LogP contribution in [0.25, 0.3) is 0 Å². The van der Waals surface area contributed by atoms with E-state index in [9.17, 15) is 19.6 Å². The lowest BCUT2D eigenvalue weighted by atomic mass is 9.96. The van der Waals surface area contributed by atoms with Crippen LogP contribution in [0.5, 0.6) is 17.6 Å². The quantitative estimate of drug-likeness (QED) is 0.202. The van der Waals surface area contributed by atoms with Crippen LogP contribution in [-0.4, -0.2) is 77.4 Å². The monoisotopic (exact) mass is 597 g/mol. The number of nitrogens with one attached hydrogen (secondary N) is 1. The lowest BCUT2D eigenvalue weighted by Gasteiger charge is -2.30. The van der Waals surface area contributed by atoms with E-state index in [1.807, 2.05) is 13.8 Å². The van der Waals surface area contributed by atoms with Crippen molar-refractivity contribution < 1.29 is 47.6 Å². The van der Waals surface area contributed by atoms with Gasteiger partial charge in [0.15, 0.2) is 0 Å². The minimum atomic E-state index is -4.26. The molecule has 6 atom stereocenters. The molecule has 14 heteroatoms. The number of methoxy groups -OCH3 is 2. The number of rotatable bonds is 15. The Morgan fingerprint density at radius 3 is 2.46 bits per heavy atom. The van der Waals surface area contributed by atoms with Crippen LogP contribution >= 0.6 is 7.75 Å². The van der Waals surface area contributed by atoms with E-state index >= 15 is 0 Å². The highest BCUT2D eigenvalue weighted by Gasteiger charge is 2.54. The third kappa shape index (κ3) is 8.15. The fraction of sp³-hybridized carbons (Fsp3) is 0.593. The summed E-state index contributed by atoms with van der Waals surface area (Å²) in [6, 6.07) is 7.26. The van der Waals surface area contributed by atoms with Crippen molar-refractivity contribution in [3.8, 4) is 17.6 Å². The zero-order valence-electron chi connectivity index (χ0n) is 24.2. The van der Waals surface area contributed by atoms with Gasteiger partial charge in [-0.3, -0.25) is 9.32 Å². The second kappa shape index (κ2) is 14.4. The lowest BCUT2D eigenvalue weighted by Crippen LogP contribution is -2.45. The summed E-state index contributed by atoms with van der Waals surface area (Å²) in [7, 11) is -1.49. The molecular formula is C27H40N3O10P. The second-order valence-corrected chi connectivity index (χ2v) is 11.6. The van der Waals surface area contributed by atoms with Crippen molar-refractivity contribution >= 4 is 13.7 Å². The molecule has 1 aliphatic heterocycles. The number of esters is 1. The number of benzene rings is 1. The fourth-order valence-corrected chi connectivity index (χ4v) is 5.79. The van der Waals surface area contributed by atoms with Crippen LogP contribution in [0, 0.1) is 5.92 Å². The SMILES string of the molecule is CCC(CC)COC(=O)[C@H](C)N[P@](=O)(OC[C@@]1(C)O[C@@H](c2cnc(OC)nc2OC)[C@H](O)[C@@H]1O)Oc1ccccc1. The molecule has 41 heavy (non-hydrogen) atoms. The number of aliphatic hydroxyl groups is 2. The maximum absolute atomic E-state index is 13.9. The Hall–Kier alpha value is -2.80. The number of aliphatic hydroxyl groups excluding tert-OH is 2. The van der Waals surface area contributed by atoms with E-state index in [1.165, 1.54) is 34.3 Å². The Bertz CT molecular complexity index is 1190. The first kappa shape index (κ1) is 32.7. The highest BCUT2D eigenvalue weighted by molar-refractivity contribution is 7.52. The molecule has 13 nitrogen and oxygen atoms in total. The van der Waals surface area contributed by atoms with E-state index in [4.69, 9.17) is 28.0 Å². The summed E-state index contributed by atoms with van der Waals surface area (Å²) in [4.78, 5) is 20.8. The van der Waals surface area contributed by atoms with Gasteiger partial charge in [0.1, 0.15) is 35.7 Å². The van der Waals surface area contributed by atoms with Gasteiger partial charge in [-0.05, 0) is 31.9 Å². The van der Waals surface area contributed by atoms with E-state index < -0.39 is 50.3 Å². The summed E-state index contributed by atoms with van der Waals surface area (Å²) in [6.45, 7) is 6.74. The third-order valence-corrected chi connectivity index (χ3v) is 8.53.